The van der Waals surface area contributed by atoms with Crippen molar-refractivity contribution >= 4 is 23.3 Å². The largest absolute Gasteiger partial charge is 0.310 e. The van der Waals surface area contributed by atoms with E-state index >= 15 is 0 Å². The Bertz CT molecular complexity index is 434. The minimum Gasteiger partial charge on any atom is -0.310 e. The zero-order valence-corrected chi connectivity index (χ0v) is 10.8. The second-order valence-electron chi connectivity index (χ2n) is 5.13. The topological polar surface area (TPSA) is 54.9 Å². The van der Waals surface area contributed by atoms with Crippen molar-refractivity contribution in [3.05, 3.63) is 17.5 Å². The van der Waals surface area contributed by atoms with Crippen LogP contribution >= 0.6 is 11.6 Å². The lowest BCUT2D eigenvalue weighted by molar-refractivity contribution is -0.122. The van der Waals surface area contributed by atoms with Gasteiger partial charge in [-0.25, -0.2) is 9.97 Å². The van der Waals surface area contributed by atoms with E-state index in [0.29, 0.717) is 5.82 Å². The van der Waals surface area contributed by atoms with Crippen molar-refractivity contribution in [3.63, 3.8) is 0 Å². The summed E-state index contributed by atoms with van der Waals surface area (Å²) in [5.41, 5.74) is 0.0703. The summed E-state index contributed by atoms with van der Waals surface area (Å²) in [5, 5.41) is 2.95. The van der Waals surface area contributed by atoms with Crippen LogP contribution in [0, 0.1) is 11.3 Å². The second-order valence-corrected chi connectivity index (χ2v) is 5.47. The Morgan fingerprint density at radius 2 is 2.35 bits per heavy atom. The Morgan fingerprint density at radius 3 is 2.94 bits per heavy atom. The predicted molar refractivity (Wildman–Crippen MR) is 66.8 cm³/mol. The molecule has 1 aromatic heterocycles. The molecule has 0 bridgehead atoms. The first-order valence-corrected chi connectivity index (χ1v) is 6.16. The van der Waals surface area contributed by atoms with Crippen molar-refractivity contribution < 1.29 is 4.79 Å². The first-order valence-electron chi connectivity index (χ1n) is 5.78. The van der Waals surface area contributed by atoms with E-state index in [1.54, 1.807) is 6.07 Å². The van der Waals surface area contributed by atoms with Gasteiger partial charge in [0, 0.05) is 12.1 Å². The minimum absolute atomic E-state index is 0.0299. The lowest BCUT2D eigenvalue weighted by atomic mass is 9.81. The van der Waals surface area contributed by atoms with Gasteiger partial charge in [-0.2, -0.15) is 0 Å². The van der Waals surface area contributed by atoms with Crippen LogP contribution < -0.4 is 5.32 Å². The molecule has 1 aliphatic carbocycles. The highest BCUT2D eigenvalue weighted by Crippen LogP contribution is 2.42. The third kappa shape index (κ3) is 2.75. The van der Waals surface area contributed by atoms with Gasteiger partial charge in [-0.15, -0.1) is 0 Å². The number of nitrogens with one attached hydrogen (secondary N) is 1. The van der Waals surface area contributed by atoms with Gasteiger partial charge >= 0.3 is 0 Å². The Hall–Kier alpha value is -1.16. The van der Waals surface area contributed by atoms with Gasteiger partial charge < -0.3 is 5.32 Å². The Kier molecular flexibility index (Phi) is 3.33. The third-order valence-electron chi connectivity index (χ3n) is 3.45. The summed E-state index contributed by atoms with van der Waals surface area (Å²) in [6.07, 6.45) is 4.67. The molecule has 1 amide bonds. The number of carbonyl (C=O) groups is 1. The van der Waals surface area contributed by atoms with Crippen molar-refractivity contribution in [1.29, 1.82) is 0 Å². The molecule has 1 atom stereocenters. The van der Waals surface area contributed by atoms with Gasteiger partial charge in [-0.05, 0) is 35.9 Å². The van der Waals surface area contributed by atoms with Gasteiger partial charge in [-0.3, -0.25) is 4.79 Å². The maximum Gasteiger partial charge on any atom is 0.229 e. The monoisotopic (exact) mass is 253 g/mol. The number of anilines is 1. The van der Waals surface area contributed by atoms with Crippen LogP contribution in [-0.2, 0) is 4.79 Å². The summed E-state index contributed by atoms with van der Waals surface area (Å²) < 4.78 is 0. The van der Waals surface area contributed by atoms with Gasteiger partial charge in [0.25, 0.3) is 0 Å². The van der Waals surface area contributed by atoms with Gasteiger partial charge in [0.05, 0.1) is 0 Å². The number of nitrogens with zero attached hydrogens (tertiary/aromatic N) is 2. The molecule has 2 rings (SSSR count). The zero-order chi connectivity index (χ0) is 12.5. The summed E-state index contributed by atoms with van der Waals surface area (Å²) >= 11 is 5.67. The molecule has 1 fully saturated rings. The highest BCUT2D eigenvalue weighted by Gasteiger charge is 2.39. The predicted octanol–water partition coefficient (Wildman–Crippen LogP) is 2.89. The van der Waals surface area contributed by atoms with E-state index in [4.69, 9.17) is 11.6 Å². The second kappa shape index (κ2) is 4.61. The number of rotatable bonds is 2. The highest BCUT2D eigenvalue weighted by atomic mass is 35.5. The van der Waals surface area contributed by atoms with Crippen LogP contribution in [0.1, 0.15) is 33.1 Å². The average molecular weight is 254 g/mol. The SMILES string of the molecule is CC1(C)CCCC1C(=O)Nc1ccnc(Cl)n1. The first kappa shape index (κ1) is 12.3. The molecule has 5 heteroatoms. The van der Waals surface area contributed by atoms with Crippen LogP contribution in [-0.4, -0.2) is 15.9 Å². The third-order valence-corrected chi connectivity index (χ3v) is 3.63. The molecule has 0 saturated heterocycles. The number of halogens is 1. The van der Waals surface area contributed by atoms with Gasteiger partial charge in [0.15, 0.2) is 0 Å². The van der Waals surface area contributed by atoms with Crippen molar-refractivity contribution in [1.82, 2.24) is 9.97 Å². The molecule has 1 aromatic rings. The fourth-order valence-corrected chi connectivity index (χ4v) is 2.58. The van der Waals surface area contributed by atoms with Crippen LogP contribution in [0.4, 0.5) is 5.82 Å². The molecule has 0 spiro atoms. The number of hydrogen-bond acceptors (Lipinski definition) is 3. The molecule has 92 valence electrons. The number of aromatic nitrogens is 2. The molecule has 0 aromatic carbocycles. The van der Waals surface area contributed by atoms with E-state index in [0.717, 1.165) is 19.3 Å². The Labute approximate surface area is 106 Å². The van der Waals surface area contributed by atoms with Crippen molar-refractivity contribution in [2.24, 2.45) is 11.3 Å². The smallest absolute Gasteiger partial charge is 0.229 e. The van der Waals surface area contributed by atoms with Gasteiger partial charge in [0.1, 0.15) is 5.82 Å². The molecule has 4 nitrogen and oxygen atoms in total. The quantitative estimate of drug-likeness (QED) is 0.825. The fraction of sp³-hybridized carbons (Fsp3) is 0.583. The summed E-state index contributed by atoms with van der Waals surface area (Å²) in [6, 6.07) is 1.64. The Morgan fingerprint density at radius 1 is 1.59 bits per heavy atom. The van der Waals surface area contributed by atoms with Crippen LogP contribution in [0.25, 0.3) is 0 Å². The molecule has 1 unspecified atom stereocenters. The molecule has 1 N–H and O–H groups in total. The standard InChI is InChI=1S/C12H16ClN3O/c1-12(2)6-3-4-8(12)10(17)15-9-5-7-14-11(13)16-9/h5,7-8H,3-4,6H2,1-2H3,(H,14,15,16,17). The average Bonchev–Trinajstić information content (AvgIpc) is 2.58. The maximum atomic E-state index is 12.1. The first-order chi connectivity index (χ1) is 7.99. The molecule has 1 heterocycles. The molecule has 0 radical (unpaired) electrons. The van der Waals surface area contributed by atoms with E-state index in [9.17, 15) is 4.79 Å². The van der Waals surface area contributed by atoms with Gasteiger partial charge in [-0.1, -0.05) is 20.3 Å². The number of carbonyl (C=O) groups excluding carboxylic acids is 1. The molecular formula is C12H16ClN3O. The lowest BCUT2D eigenvalue weighted by Gasteiger charge is -2.25. The molecule has 17 heavy (non-hydrogen) atoms. The van der Waals surface area contributed by atoms with Crippen molar-refractivity contribution in [2.75, 3.05) is 5.32 Å². The van der Waals surface area contributed by atoms with E-state index < -0.39 is 0 Å². The molecular weight excluding hydrogens is 238 g/mol. The summed E-state index contributed by atoms with van der Waals surface area (Å²) in [6.45, 7) is 4.27. The fourth-order valence-electron chi connectivity index (χ4n) is 2.43. The van der Waals surface area contributed by atoms with Crippen LogP contribution in [0.15, 0.2) is 12.3 Å². The Balaban J connectivity index is 2.07. The van der Waals surface area contributed by atoms with E-state index in [1.807, 2.05) is 0 Å². The normalized spacial score (nSPS) is 22.4. The lowest BCUT2D eigenvalue weighted by Crippen LogP contribution is -2.31. The summed E-state index contributed by atoms with van der Waals surface area (Å²) in [7, 11) is 0. The van der Waals surface area contributed by atoms with Crippen molar-refractivity contribution in [2.45, 2.75) is 33.1 Å². The summed E-state index contributed by atoms with van der Waals surface area (Å²) in [5.74, 6) is 0.552. The van der Waals surface area contributed by atoms with Crippen LogP contribution in [0.3, 0.4) is 0 Å². The van der Waals surface area contributed by atoms with Gasteiger partial charge in [0.2, 0.25) is 11.2 Å². The number of amides is 1. The molecule has 0 aliphatic heterocycles. The number of hydrogen-bond donors (Lipinski definition) is 1. The van der Waals surface area contributed by atoms with Crippen LogP contribution in [0.5, 0.6) is 0 Å². The molecule has 1 aliphatic rings. The molecule has 1 saturated carbocycles. The van der Waals surface area contributed by atoms with E-state index in [1.165, 1.54) is 6.20 Å². The van der Waals surface area contributed by atoms with E-state index in [2.05, 4.69) is 29.1 Å². The van der Waals surface area contributed by atoms with Crippen molar-refractivity contribution in [3.8, 4) is 0 Å². The van der Waals surface area contributed by atoms with Crippen LogP contribution in [0.2, 0.25) is 5.28 Å². The summed E-state index contributed by atoms with van der Waals surface area (Å²) in [4.78, 5) is 19.9. The highest BCUT2D eigenvalue weighted by molar-refractivity contribution is 6.28. The minimum atomic E-state index is 0.0299. The zero-order valence-electron chi connectivity index (χ0n) is 10.0. The van der Waals surface area contributed by atoms with E-state index in [-0.39, 0.29) is 22.5 Å². The maximum absolute atomic E-state index is 12.1.